The Kier molecular flexibility index (Phi) is 4.20. The summed E-state index contributed by atoms with van der Waals surface area (Å²) in [6, 6.07) is 1.03. The molecular weight excluding hydrogens is 384 g/mol. The molecule has 3 aromatic heterocycles. The monoisotopic (exact) mass is 398 g/mol. The zero-order valence-electron chi connectivity index (χ0n) is 14.3. The lowest BCUT2D eigenvalue weighted by Crippen LogP contribution is -2.42. The molecule has 1 N–H and O–H groups in total. The highest BCUT2D eigenvalue weighted by molar-refractivity contribution is 5.93. The number of amides is 1. The summed E-state index contributed by atoms with van der Waals surface area (Å²) in [6.07, 6.45) is -0.981. The zero-order valence-corrected chi connectivity index (χ0v) is 14.3. The van der Waals surface area contributed by atoms with Crippen LogP contribution in [-0.4, -0.2) is 54.5 Å². The van der Waals surface area contributed by atoms with Crippen LogP contribution in [0, 0.1) is 11.7 Å². The number of alkyl halides is 3. The maximum atomic E-state index is 13.3. The molecule has 0 saturated carbocycles. The highest BCUT2D eigenvalue weighted by Crippen LogP contribution is 2.34. The van der Waals surface area contributed by atoms with Crippen LogP contribution >= 0.6 is 0 Å². The summed E-state index contributed by atoms with van der Waals surface area (Å²) < 4.78 is 53.7. The minimum Gasteiger partial charge on any atom is -0.339 e. The molecule has 28 heavy (non-hydrogen) atoms. The van der Waals surface area contributed by atoms with Crippen molar-refractivity contribution < 1.29 is 22.4 Å². The lowest BCUT2D eigenvalue weighted by molar-refractivity contribution is -0.183. The van der Waals surface area contributed by atoms with E-state index in [4.69, 9.17) is 0 Å². The topological polar surface area (TPSA) is 88.3 Å². The molecule has 1 aliphatic rings. The number of nitrogens with zero attached hydrogens (tertiary/aromatic N) is 5. The van der Waals surface area contributed by atoms with Crippen molar-refractivity contribution in [1.29, 1.82) is 0 Å². The molecule has 1 amide bonds. The lowest BCUT2D eigenvalue weighted by Gasteiger charge is -2.32. The Morgan fingerprint density at radius 3 is 2.61 bits per heavy atom. The van der Waals surface area contributed by atoms with Crippen LogP contribution in [0.4, 0.5) is 17.6 Å². The van der Waals surface area contributed by atoms with Crippen molar-refractivity contribution in [3.8, 4) is 5.95 Å². The maximum absolute atomic E-state index is 13.3. The molecule has 0 unspecified atom stereocenters. The zero-order chi connectivity index (χ0) is 20.1. The van der Waals surface area contributed by atoms with Gasteiger partial charge in [0.15, 0.2) is 0 Å². The summed E-state index contributed by atoms with van der Waals surface area (Å²) in [5.74, 6) is -2.53. The predicted molar refractivity (Wildman–Crippen MR) is 87.6 cm³/mol. The van der Waals surface area contributed by atoms with Gasteiger partial charge >= 0.3 is 6.18 Å². The summed E-state index contributed by atoms with van der Waals surface area (Å²) in [7, 11) is 0. The molecule has 4 heterocycles. The Labute approximate surface area is 154 Å². The van der Waals surface area contributed by atoms with Crippen LogP contribution in [-0.2, 0) is 0 Å². The van der Waals surface area contributed by atoms with E-state index >= 15 is 0 Å². The van der Waals surface area contributed by atoms with Crippen molar-refractivity contribution in [3.63, 3.8) is 0 Å². The second kappa shape index (κ2) is 6.46. The van der Waals surface area contributed by atoms with Gasteiger partial charge in [0.2, 0.25) is 5.95 Å². The third-order valence-corrected chi connectivity index (χ3v) is 4.72. The van der Waals surface area contributed by atoms with Crippen LogP contribution in [0.1, 0.15) is 23.2 Å². The molecule has 0 aromatic carbocycles. The summed E-state index contributed by atoms with van der Waals surface area (Å²) >= 11 is 0. The largest absolute Gasteiger partial charge is 0.391 e. The lowest BCUT2D eigenvalue weighted by atomic mass is 9.96. The molecule has 0 radical (unpaired) electrons. The number of hydrogen-bond donors (Lipinski definition) is 1. The fourth-order valence-electron chi connectivity index (χ4n) is 3.21. The molecule has 12 heteroatoms. The van der Waals surface area contributed by atoms with Gasteiger partial charge in [0.05, 0.1) is 23.9 Å². The molecule has 4 rings (SSSR count). The van der Waals surface area contributed by atoms with Crippen LogP contribution in [0.5, 0.6) is 0 Å². The third-order valence-electron chi connectivity index (χ3n) is 4.72. The number of H-pyrrole nitrogens is 1. The number of hydrogen-bond acceptors (Lipinski definition) is 4. The summed E-state index contributed by atoms with van der Waals surface area (Å²) in [5, 5.41) is 7.98. The minimum absolute atomic E-state index is 0.00211. The van der Waals surface area contributed by atoms with Gasteiger partial charge in [-0.05, 0) is 12.8 Å². The molecule has 1 fully saturated rings. The fraction of sp³-hybridized carbons (Fsp3) is 0.375. The molecule has 8 nitrogen and oxygen atoms in total. The van der Waals surface area contributed by atoms with Crippen molar-refractivity contribution in [2.75, 3.05) is 13.1 Å². The second-order valence-electron chi connectivity index (χ2n) is 6.55. The molecule has 1 aliphatic heterocycles. The molecule has 0 aliphatic carbocycles. The van der Waals surface area contributed by atoms with E-state index in [0.717, 1.165) is 21.5 Å². The van der Waals surface area contributed by atoms with Gasteiger partial charge in [0, 0.05) is 25.4 Å². The first-order chi connectivity index (χ1) is 13.2. The van der Waals surface area contributed by atoms with Gasteiger partial charge in [-0.15, -0.1) is 5.10 Å². The summed E-state index contributed by atoms with van der Waals surface area (Å²) in [6.45, 7) is -0.00421. The number of aromatic amines is 1. The van der Waals surface area contributed by atoms with E-state index in [2.05, 4.69) is 15.2 Å². The SMILES string of the molecule is O=C(c1cnn(-c2nn3cc(F)cc3c(=O)[nH]2)c1)N1CCC(C(F)(F)F)CC1. The molecule has 1 saturated heterocycles. The number of fused-ring (bicyclic) bond motifs is 1. The number of likely N-dealkylation sites (tertiary alicyclic amines) is 1. The normalized spacial score (nSPS) is 16.1. The first-order valence-corrected chi connectivity index (χ1v) is 8.41. The van der Waals surface area contributed by atoms with Gasteiger partial charge in [-0.1, -0.05) is 0 Å². The van der Waals surface area contributed by atoms with E-state index in [0.29, 0.717) is 0 Å². The average Bonchev–Trinajstić information content (AvgIpc) is 3.27. The van der Waals surface area contributed by atoms with E-state index < -0.39 is 29.4 Å². The molecule has 3 aromatic rings. The van der Waals surface area contributed by atoms with Gasteiger partial charge in [-0.25, -0.2) is 13.6 Å². The van der Waals surface area contributed by atoms with Crippen LogP contribution < -0.4 is 5.56 Å². The highest BCUT2D eigenvalue weighted by Gasteiger charge is 2.41. The smallest absolute Gasteiger partial charge is 0.339 e. The summed E-state index contributed by atoms with van der Waals surface area (Å²) in [5.41, 5.74) is -0.435. The van der Waals surface area contributed by atoms with Crippen molar-refractivity contribution in [2.24, 2.45) is 5.92 Å². The third kappa shape index (κ3) is 3.25. The Morgan fingerprint density at radius 2 is 1.93 bits per heavy atom. The van der Waals surface area contributed by atoms with E-state index in [1.165, 1.54) is 17.3 Å². The first kappa shape index (κ1) is 18.2. The van der Waals surface area contributed by atoms with Gasteiger partial charge in [-0.2, -0.15) is 18.3 Å². The Hall–Kier alpha value is -3.18. The first-order valence-electron chi connectivity index (χ1n) is 8.41. The van der Waals surface area contributed by atoms with Gasteiger partial charge in [0.25, 0.3) is 11.5 Å². The Balaban J connectivity index is 1.53. The maximum Gasteiger partial charge on any atom is 0.391 e. The quantitative estimate of drug-likeness (QED) is 0.667. The minimum atomic E-state index is -4.26. The van der Waals surface area contributed by atoms with E-state index in [1.807, 2.05) is 0 Å². The molecule has 0 spiro atoms. The van der Waals surface area contributed by atoms with E-state index in [-0.39, 0.29) is 43.0 Å². The van der Waals surface area contributed by atoms with Crippen LogP contribution in [0.15, 0.2) is 29.5 Å². The van der Waals surface area contributed by atoms with Gasteiger partial charge in [0.1, 0.15) is 11.3 Å². The Morgan fingerprint density at radius 1 is 1.21 bits per heavy atom. The second-order valence-corrected chi connectivity index (χ2v) is 6.55. The molecule has 148 valence electrons. The van der Waals surface area contributed by atoms with Crippen molar-refractivity contribution in [1.82, 2.24) is 29.3 Å². The predicted octanol–water partition coefficient (Wildman–Crippen LogP) is 1.76. The van der Waals surface area contributed by atoms with Crippen molar-refractivity contribution in [3.05, 3.63) is 46.4 Å². The number of rotatable bonds is 2. The van der Waals surface area contributed by atoms with Gasteiger partial charge < -0.3 is 4.90 Å². The molecule has 0 bridgehead atoms. The number of aromatic nitrogens is 5. The standard InChI is InChI=1S/C16H14F4N6O2/c17-11-5-12-13(27)22-15(23-25(12)8-11)26-7-9(6-21-26)14(28)24-3-1-10(2-4-24)16(18,19)20/h5-8,10H,1-4H2,(H,22,23,27). The number of halogens is 4. The van der Waals surface area contributed by atoms with Crippen molar-refractivity contribution >= 4 is 11.4 Å². The number of nitrogens with one attached hydrogen (secondary N) is 1. The highest BCUT2D eigenvalue weighted by atomic mass is 19.4. The summed E-state index contributed by atoms with van der Waals surface area (Å²) in [4.78, 5) is 28.3. The van der Waals surface area contributed by atoms with E-state index in [9.17, 15) is 27.2 Å². The van der Waals surface area contributed by atoms with Gasteiger partial charge in [-0.3, -0.25) is 14.6 Å². The molecular formula is C16H14F4N6O2. The number of carbonyl (C=O) groups is 1. The number of carbonyl (C=O) groups excluding carboxylic acids is 1. The fourth-order valence-corrected chi connectivity index (χ4v) is 3.21. The number of piperidine rings is 1. The van der Waals surface area contributed by atoms with Crippen LogP contribution in [0.2, 0.25) is 0 Å². The van der Waals surface area contributed by atoms with E-state index in [1.54, 1.807) is 0 Å². The Bertz CT molecular complexity index is 1090. The van der Waals surface area contributed by atoms with Crippen molar-refractivity contribution in [2.45, 2.75) is 19.0 Å². The molecule has 0 atom stereocenters. The average molecular weight is 398 g/mol. The van der Waals surface area contributed by atoms with Crippen LogP contribution in [0.3, 0.4) is 0 Å². The van der Waals surface area contributed by atoms with Crippen LogP contribution in [0.25, 0.3) is 11.5 Å².